The molecule has 0 saturated heterocycles. The predicted octanol–water partition coefficient (Wildman–Crippen LogP) is 5.19. The zero-order valence-electron chi connectivity index (χ0n) is 13.2. The van der Waals surface area contributed by atoms with Gasteiger partial charge in [0, 0.05) is 11.1 Å². The lowest BCUT2D eigenvalue weighted by Crippen LogP contribution is -2.34. The first-order valence-electron chi connectivity index (χ1n) is 7.88. The number of halogens is 2. The molecule has 0 N–H and O–H groups in total. The summed E-state index contributed by atoms with van der Waals surface area (Å²) in [5, 5.41) is -1.63. The van der Waals surface area contributed by atoms with Crippen molar-refractivity contribution >= 4 is 12.4 Å². The Bertz CT molecular complexity index is 903. The average molecular weight is 356 g/mol. The van der Waals surface area contributed by atoms with Crippen molar-refractivity contribution in [2.24, 2.45) is 0 Å². The standard InChI is InChI=1S/C20H15F2O2P/c21-19(22)25(23)18-14-8-7-13-17(18)24-20(25,15-9-3-1-4-10-15)16-11-5-2-6-12-16/h1-14,19H/t25-/m0/s1. The first-order chi connectivity index (χ1) is 12.1. The van der Waals surface area contributed by atoms with Crippen molar-refractivity contribution in [1.29, 1.82) is 0 Å². The molecule has 0 bridgehead atoms. The molecular formula is C20H15F2O2P. The second kappa shape index (κ2) is 5.82. The summed E-state index contributed by atoms with van der Waals surface area (Å²) in [6.07, 6.45) is -3.04. The third-order valence-corrected chi connectivity index (χ3v) is 7.73. The summed E-state index contributed by atoms with van der Waals surface area (Å²) in [4.78, 5) is 0. The van der Waals surface area contributed by atoms with E-state index in [0.717, 1.165) is 0 Å². The minimum atomic E-state index is -4.27. The molecule has 0 aliphatic carbocycles. The van der Waals surface area contributed by atoms with E-state index in [1.54, 1.807) is 78.9 Å². The van der Waals surface area contributed by atoms with Gasteiger partial charge >= 0.3 is 0 Å². The van der Waals surface area contributed by atoms with Crippen molar-refractivity contribution in [2.75, 3.05) is 0 Å². The molecule has 0 spiro atoms. The van der Waals surface area contributed by atoms with Gasteiger partial charge in [-0.1, -0.05) is 72.8 Å². The van der Waals surface area contributed by atoms with Crippen LogP contribution in [0.25, 0.3) is 0 Å². The van der Waals surface area contributed by atoms with Gasteiger partial charge in [-0.3, -0.25) is 0 Å². The molecular weight excluding hydrogens is 341 g/mol. The van der Waals surface area contributed by atoms with E-state index in [2.05, 4.69) is 0 Å². The highest BCUT2D eigenvalue weighted by atomic mass is 31.2. The van der Waals surface area contributed by atoms with E-state index < -0.39 is 18.7 Å². The second-order valence-electron chi connectivity index (χ2n) is 5.88. The first kappa shape index (κ1) is 16.0. The fourth-order valence-electron chi connectivity index (χ4n) is 3.45. The molecule has 126 valence electrons. The monoisotopic (exact) mass is 356 g/mol. The normalized spacial score (nSPS) is 20.9. The van der Waals surface area contributed by atoms with Crippen LogP contribution in [0.15, 0.2) is 84.9 Å². The van der Waals surface area contributed by atoms with Crippen LogP contribution in [0.2, 0.25) is 0 Å². The van der Waals surface area contributed by atoms with Gasteiger partial charge in [-0.2, -0.15) is 0 Å². The molecule has 25 heavy (non-hydrogen) atoms. The highest BCUT2D eigenvalue weighted by molar-refractivity contribution is 7.73. The minimum absolute atomic E-state index is 0.0951. The number of rotatable bonds is 3. The maximum absolute atomic E-state index is 14.3. The van der Waals surface area contributed by atoms with Gasteiger partial charge in [0.25, 0.3) is 6.17 Å². The zero-order chi connectivity index (χ0) is 17.5. The van der Waals surface area contributed by atoms with E-state index >= 15 is 0 Å². The largest absolute Gasteiger partial charge is 0.469 e. The lowest BCUT2D eigenvalue weighted by Gasteiger charge is -2.35. The Morgan fingerprint density at radius 1 is 0.760 bits per heavy atom. The Morgan fingerprint density at radius 3 is 1.76 bits per heavy atom. The molecule has 1 heterocycles. The molecule has 1 atom stereocenters. The molecule has 4 rings (SSSR count). The molecule has 1 aliphatic heterocycles. The molecule has 0 saturated carbocycles. The van der Waals surface area contributed by atoms with E-state index in [-0.39, 0.29) is 11.1 Å². The van der Waals surface area contributed by atoms with Crippen LogP contribution in [0, 0.1) is 0 Å². The van der Waals surface area contributed by atoms with Crippen molar-refractivity contribution in [3.8, 4) is 5.75 Å². The quantitative estimate of drug-likeness (QED) is 0.604. The highest BCUT2D eigenvalue weighted by Gasteiger charge is 2.64. The summed E-state index contributed by atoms with van der Waals surface area (Å²) in [5.74, 6) is 0.249. The van der Waals surface area contributed by atoms with Crippen LogP contribution in [0.4, 0.5) is 8.78 Å². The van der Waals surface area contributed by atoms with Crippen molar-refractivity contribution in [3.05, 3.63) is 96.1 Å². The molecule has 3 aromatic rings. The summed E-state index contributed by atoms with van der Waals surface area (Å²) in [7, 11) is -4.27. The maximum Gasteiger partial charge on any atom is 0.297 e. The van der Waals surface area contributed by atoms with Crippen LogP contribution in [0.5, 0.6) is 5.75 Å². The summed E-state index contributed by atoms with van der Waals surface area (Å²) in [6, 6.07) is 23.7. The van der Waals surface area contributed by atoms with E-state index in [0.29, 0.717) is 11.1 Å². The Kier molecular flexibility index (Phi) is 3.73. The fraction of sp³-hybridized carbons (Fsp3) is 0.100. The number of benzene rings is 3. The molecule has 2 nitrogen and oxygen atoms in total. The maximum atomic E-state index is 14.3. The Balaban J connectivity index is 2.11. The SMILES string of the molecule is O=[P@]1(C(F)F)c2ccccc2OC1(c1ccccc1)c1ccccc1. The van der Waals surface area contributed by atoms with Crippen LogP contribution in [-0.4, -0.2) is 6.17 Å². The molecule has 0 aromatic heterocycles. The third-order valence-electron chi connectivity index (χ3n) is 4.55. The van der Waals surface area contributed by atoms with E-state index in [4.69, 9.17) is 4.74 Å². The number of fused-ring (bicyclic) bond motifs is 1. The van der Waals surface area contributed by atoms with Gasteiger partial charge in [0.2, 0.25) is 12.5 Å². The van der Waals surface area contributed by atoms with Crippen LogP contribution < -0.4 is 10.0 Å². The van der Waals surface area contributed by atoms with E-state index in [1.165, 1.54) is 6.07 Å². The second-order valence-corrected chi connectivity index (χ2v) is 8.70. The van der Waals surface area contributed by atoms with Crippen molar-refractivity contribution in [1.82, 2.24) is 0 Å². The molecule has 1 aliphatic rings. The Hall–Kier alpha value is -2.45. The Morgan fingerprint density at radius 2 is 1.24 bits per heavy atom. The lowest BCUT2D eigenvalue weighted by molar-refractivity contribution is 0.178. The number of alkyl halides is 2. The van der Waals surface area contributed by atoms with Crippen molar-refractivity contribution in [3.63, 3.8) is 0 Å². The molecule has 0 radical (unpaired) electrons. The molecule has 3 aromatic carbocycles. The number of ether oxygens (including phenoxy) is 1. The summed E-state index contributed by atoms with van der Waals surface area (Å²) in [5.41, 5.74) is 0.919. The van der Waals surface area contributed by atoms with Gasteiger partial charge in [0.1, 0.15) is 5.75 Å². The van der Waals surface area contributed by atoms with Gasteiger partial charge in [-0.25, -0.2) is 8.78 Å². The van der Waals surface area contributed by atoms with Crippen LogP contribution in [0.3, 0.4) is 0 Å². The zero-order valence-corrected chi connectivity index (χ0v) is 14.1. The third kappa shape index (κ3) is 2.11. The van der Waals surface area contributed by atoms with Crippen LogP contribution >= 0.6 is 7.14 Å². The Labute approximate surface area is 144 Å². The molecule has 0 unspecified atom stereocenters. The van der Waals surface area contributed by atoms with E-state index in [1.807, 2.05) is 0 Å². The minimum Gasteiger partial charge on any atom is -0.469 e. The summed E-state index contributed by atoms with van der Waals surface area (Å²) in [6.45, 7) is 0. The highest BCUT2D eigenvalue weighted by Crippen LogP contribution is 2.73. The fourth-order valence-corrected chi connectivity index (χ4v) is 6.33. The summed E-state index contributed by atoms with van der Waals surface area (Å²) >= 11 is 0. The van der Waals surface area contributed by atoms with Gasteiger partial charge < -0.3 is 9.30 Å². The average Bonchev–Trinajstić information content (AvgIpc) is 2.95. The van der Waals surface area contributed by atoms with Crippen LogP contribution in [-0.2, 0) is 9.91 Å². The predicted molar refractivity (Wildman–Crippen MR) is 94.0 cm³/mol. The molecule has 0 fully saturated rings. The van der Waals surface area contributed by atoms with Gasteiger partial charge in [-0.15, -0.1) is 0 Å². The number of para-hydroxylation sites is 1. The summed E-state index contributed by atoms with van der Waals surface area (Å²) < 4.78 is 48.7. The van der Waals surface area contributed by atoms with Crippen molar-refractivity contribution < 1.29 is 18.1 Å². The van der Waals surface area contributed by atoms with Gasteiger partial charge in [0.05, 0.1) is 5.30 Å². The van der Waals surface area contributed by atoms with E-state index in [9.17, 15) is 13.3 Å². The first-order valence-corrected chi connectivity index (χ1v) is 9.66. The van der Waals surface area contributed by atoms with Gasteiger partial charge in [0.15, 0.2) is 0 Å². The lowest BCUT2D eigenvalue weighted by atomic mass is 10.0. The smallest absolute Gasteiger partial charge is 0.297 e. The molecule has 0 amide bonds. The topological polar surface area (TPSA) is 26.3 Å². The van der Waals surface area contributed by atoms with Gasteiger partial charge in [-0.05, 0) is 12.1 Å². The number of hydrogen-bond donors (Lipinski definition) is 0. The number of hydrogen-bond acceptors (Lipinski definition) is 2. The van der Waals surface area contributed by atoms with Crippen LogP contribution in [0.1, 0.15) is 11.1 Å². The van der Waals surface area contributed by atoms with Crippen molar-refractivity contribution in [2.45, 2.75) is 11.5 Å². The molecule has 5 heteroatoms.